The van der Waals surface area contributed by atoms with E-state index in [0.29, 0.717) is 12.1 Å². The zero-order valence-electron chi connectivity index (χ0n) is 11.2. The fourth-order valence-electron chi connectivity index (χ4n) is 1.69. The molecule has 1 rings (SSSR count). The number of anilines is 1. The predicted molar refractivity (Wildman–Crippen MR) is 74.0 cm³/mol. The summed E-state index contributed by atoms with van der Waals surface area (Å²) in [6.45, 7) is 3.88. The summed E-state index contributed by atoms with van der Waals surface area (Å²) in [7, 11) is 0. The average molecular weight is 264 g/mol. The molecule has 5 heteroatoms. The van der Waals surface area contributed by atoms with Crippen LogP contribution in [0.25, 0.3) is 0 Å². The van der Waals surface area contributed by atoms with Gasteiger partial charge >= 0.3 is 5.97 Å². The van der Waals surface area contributed by atoms with Crippen LogP contribution >= 0.6 is 0 Å². The van der Waals surface area contributed by atoms with E-state index in [1.54, 1.807) is 12.1 Å². The molecule has 0 spiro atoms. The molecule has 0 bridgehead atoms. The zero-order valence-corrected chi connectivity index (χ0v) is 11.2. The lowest BCUT2D eigenvalue weighted by atomic mass is 10.0. The van der Waals surface area contributed by atoms with Gasteiger partial charge in [0.15, 0.2) is 0 Å². The number of hydrogen-bond acceptors (Lipinski definition) is 3. The van der Waals surface area contributed by atoms with Crippen LogP contribution < -0.4 is 10.6 Å². The van der Waals surface area contributed by atoms with Crippen LogP contribution in [-0.2, 0) is 9.59 Å². The lowest BCUT2D eigenvalue weighted by Gasteiger charge is -2.16. The summed E-state index contributed by atoms with van der Waals surface area (Å²) in [6, 6.07) is 8.36. The molecule has 19 heavy (non-hydrogen) atoms. The summed E-state index contributed by atoms with van der Waals surface area (Å²) in [4.78, 5) is 22.7. The van der Waals surface area contributed by atoms with Gasteiger partial charge in [-0.2, -0.15) is 0 Å². The van der Waals surface area contributed by atoms with Crippen molar-refractivity contribution in [1.29, 1.82) is 0 Å². The van der Waals surface area contributed by atoms with E-state index >= 15 is 0 Å². The number of carbonyl (C=O) groups excluding carboxylic acids is 1. The van der Waals surface area contributed by atoms with E-state index in [-0.39, 0.29) is 18.4 Å². The Bertz CT molecular complexity index is 418. The number of carboxylic acid groups (broad SMARTS) is 1. The first-order chi connectivity index (χ1) is 8.99. The first kappa shape index (κ1) is 15.2. The van der Waals surface area contributed by atoms with Crippen molar-refractivity contribution < 1.29 is 14.7 Å². The summed E-state index contributed by atoms with van der Waals surface area (Å²) in [6.07, 6.45) is 0.494. The number of benzene rings is 1. The lowest BCUT2D eigenvalue weighted by Crippen LogP contribution is -2.42. The Kier molecular flexibility index (Phi) is 6.02. The van der Waals surface area contributed by atoms with Gasteiger partial charge in [0.25, 0.3) is 0 Å². The van der Waals surface area contributed by atoms with Gasteiger partial charge in [0.1, 0.15) is 6.04 Å². The van der Waals surface area contributed by atoms with Crippen molar-refractivity contribution in [2.24, 2.45) is 5.92 Å². The Balaban J connectivity index is 2.42. The lowest BCUT2D eigenvalue weighted by molar-refractivity contribution is -0.139. The SMILES string of the molecule is CC(C)CC(NCC(=O)Nc1ccccc1)C(=O)O. The largest absolute Gasteiger partial charge is 0.480 e. The molecule has 0 aromatic heterocycles. The van der Waals surface area contributed by atoms with Gasteiger partial charge in [0.2, 0.25) is 5.91 Å². The molecule has 0 saturated heterocycles. The molecule has 1 amide bonds. The molecule has 5 nitrogen and oxygen atoms in total. The van der Waals surface area contributed by atoms with Crippen molar-refractivity contribution in [3.63, 3.8) is 0 Å². The van der Waals surface area contributed by atoms with Crippen molar-refractivity contribution >= 4 is 17.6 Å². The number of carboxylic acids is 1. The summed E-state index contributed by atoms with van der Waals surface area (Å²) in [5.74, 6) is -0.923. The minimum atomic E-state index is -0.929. The number of para-hydroxylation sites is 1. The molecular weight excluding hydrogens is 244 g/mol. The number of carbonyl (C=O) groups is 2. The van der Waals surface area contributed by atoms with E-state index in [9.17, 15) is 9.59 Å². The first-order valence-corrected chi connectivity index (χ1v) is 6.30. The third kappa shape index (κ3) is 6.01. The Labute approximate surface area is 113 Å². The molecule has 3 N–H and O–H groups in total. The van der Waals surface area contributed by atoms with Crippen molar-refractivity contribution in [2.45, 2.75) is 26.3 Å². The van der Waals surface area contributed by atoms with Gasteiger partial charge in [0.05, 0.1) is 6.54 Å². The molecule has 0 fully saturated rings. The maximum Gasteiger partial charge on any atom is 0.320 e. The normalized spacial score (nSPS) is 12.2. The Hall–Kier alpha value is -1.88. The van der Waals surface area contributed by atoms with Crippen molar-refractivity contribution in [1.82, 2.24) is 5.32 Å². The highest BCUT2D eigenvalue weighted by atomic mass is 16.4. The van der Waals surface area contributed by atoms with Crippen LogP contribution in [0.2, 0.25) is 0 Å². The van der Waals surface area contributed by atoms with Gasteiger partial charge < -0.3 is 10.4 Å². The number of rotatable bonds is 7. The Morgan fingerprint density at radius 1 is 1.21 bits per heavy atom. The second-order valence-corrected chi connectivity index (χ2v) is 4.82. The number of nitrogens with one attached hydrogen (secondary N) is 2. The smallest absolute Gasteiger partial charge is 0.320 e. The molecule has 0 heterocycles. The van der Waals surface area contributed by atoms with Crippen LogP contribution in [0.5, 0.6) is 0 Å². The zero-order chi connectivity index (χ0) is 14.3. The fourth-order valence-corrected chi connectivity index (χ4v) is 1.69. The van der Waals surface area contributed by atoms with Crippen LogP contribution in [0, 0.1) is 5.92 Å². The van der Waals surface area contributed by atoms with Crippen LogP contribution in [0.1, 0.15) is 20.3 Å². The van der Waals surface area contributed by atoms with Crippen LogP contribution in [0.3, 0.4) is 0 Å². The summed E-state index contributed by atoms with van der Waals surface area (Å²) in [5.41, 5.74) is 0.699. The van der Waals surface area contributed by atoms with E-state index in [4.69, 9.17) is 5.11 Å². The number of aliphatic carboxylic acids is 1. The second kappa shape index (κ2) is 7.53. The van der Waals surface area contributed by atoms with Crippen molar-refractivity contribution in [3.05, 3.63) is 30.3 Å². The van der Waals surface area contributed by atoms with Crippen LogP contribution in [-0.4, -0.2) is 29.6 Å². The summed E-state index contributed by atoms with van der Waals surface area (Å²) >= 11 is 0. The molecule has 1 unspecified atom stereocenters. The third-order valence-electron chi connectivity index (χ3n) is 2.57. The quantitative estimate of drug-likeness (QED) is 0.700. The van der Waals surface area contributed by atoms with E-state index < -0.39 is 12.0 Å². The van der Waals surface area contributed by atoms with Crippen LogP contribution in [0.15, 0.2) is 30.3 Å². The minimum absolute atomic E-state index is 0.0153. The molecule has 0 aliphatic carbocycles. The number of hydrogen-bond donors (Lipinski definition) is 3. The fraction of sp³-hybridized carbons (Fsp3) is 0.429. The standard InChI is InChI=1S/C14H20N2O3/c1-10(2)8-12(14(18)19)15-9-13(17)16-11-6-4-3-5-7-11/h3-7,10,12,15H,8-9H2,1-2H3,(H,16,17)(H,18,19). The molecule has 1 aromatic rings. The molecule has 104 valence electrons. The van der Waals surface area contributed by atoms with E-state index in [2.05, 4.69) is 10.6 Å². The van der Waals surface area contributed by atoms with Gasteiger partial charge in [0, 0.05) is 5.69 Å². The van der Waals surface area contributed by atoms with Gasteiger partial charge in [-0.25, -0.2) is 0 Å². The molecule has 0 aliphatic heterocycles. The minimum Gasteiger partial charge on any atom is -0.480 e. The molecule has 1 aromatic carbocycles. The Morgan fingerprint density at radius 2 is 1.84 bits per heavy atom. The topological polar surface area (TPSA) is 78.4 Å². The monoisotopic (exact) mass is 264 g/mol. The first-order valence-electron chi connectivity index (χ1n) is 6.30. The number of amides is 1. The van der Waals surface area contributed by atoms with Gasteiger partial charge in [-0.15, -0.1) is 0 Å². The highest BCUT2D eigenvalue weighted by molar-refractivity contribution is 5.92. The van der Waals surface area contributed by atoms with E-state index in [1.165, 1.54) is 0 Å². The van der Waals surface area contributed by atoms with Crippen molar-refractivity contribution in [2.75, 3.05) is 11.9 Å². The molecular formula is C14H20N2O3. The highest BCUT2D eigenvalue weighted by Crippen LogP contribution is 2.06. The maximum absolute atomic E-state index is 11.7. The molecule has 0 aliphatic rings. The highest BCUT2D eigenvalue weighted by Gasteiger charge is 2.19. The molecule has 0 saturated carbocycles. The predicted octanol–water partition coefficient (Wildman–Crippen LogP) is 1.71. The summed E-state index contributed by atoms with van der Waals surface area (Å²) in [5, 5.41) is 14.5. The molecule has 1 atom stereocenters. The summed E-state index contributed by atoms with van der Waals surface area (Å²) < 4.78 is 0. The second-order valence-electron chi connectivity index (χ2n) is 4.82. The van der Waals surface area contributed by atoms with Gasteiger partial charge in [-0.1, -0.05) is 32.0 Å². The average Bonchev–Trinajstić information content (AvgIpc) is 2.35. The van der Waals surface area contributed by atoms with Gasteiger partial charge in [-0.3, -0.25) is 14.9 Å². The van der Waals surface area contributed by atoms with Crippen LogP contribution in [0.4, 0.5) is 5.69 Å². The molecule has 0 radical (unpaired) electrons. The van der Waals surface area contributed by atoms with Crippen molar-refractivity contribution in [3.8, 4) is 0 Å². The van der Waals surface area contributed by atoms with E-state index in [1.807, 2.05) is 32.0 Å². The maximum atomic E-state index is 11.7. The van der Waals surface area contributed by atoms with Gasteiger partial charge in [-0.05, 0) is 24.5 Å². The third-order valence-corrected chi connectivity index (χ3v) is 2.57. The van der Waals surface area contributed by atoms with E-state index in [0.717, 1.165) is 0 Å². The Morgan fingerprint density at radius 3 is 2.37 bits per heavy atom.